The maximum Gasteiger partial charge on any atom is 0.336 e. The fourth-order valence-corrected chi connectivity index (χ4v) is 6.38. The van der Waals surface area contributed by atoms with E-state index < -0.39 is 35.1 Å². The second-order valence-electron chi connectivity index (χ2n) is 9.15. The van der Waals surface area contributed by atoms with Gasteiger partial charge in [-0.3, -0.25) is 19.3 Å². The van der Waals surface area contributed by atoms with Crippen molar-refractivity contribution in [3.05, 3.63) is 47.2 Å². The molecule has 1 unspecified atom stereocenters. The number of nitrogens with one attached hydrogen (secondary N) is 1. The van der Waals surface area contributed by atoms with Gasteiger partial charge in [0.1, 0.15) is 23.2 Å². The zero-order chi connectivity index (χ0) is 27.7. The van der Waals surface area contributed by atoms with Crippen LogP contribution in [-0.4, -0.2) is 72.0 Å². The van der Waals surface area contributed by atoms with E-state index in [0.717, 1.165) is 37.2 Å². The van der Waals surface area contributed by atoms with Gasteiger partial charge in [0.25, 0.3) is 17.7 Å². The summed E-state index contributed by atoms with van der Waals surface area (Å²) >= 11 is 2.27. The molecule has 3 aliphatic rings. The number of hydrogen-bond donors (Lipinski definition) is 4. The monoisotopic (exact) mass is 573 g/mol. The van der Waals surface area contributed by atoms with Gasteiger partial charge in [-0.2, -0.15) is 9.36 Å². The number of thioether (sulfide) groups is 1. The van der Waals surface area contributed by atoms with E-state index in [1.54, 1.807) is 17.0 Å². The van der Waals surface area contributed by atoms with Crippen molar-refractivity contribution in [2.45, 2.75) is 49.7 Å². The molecular weight excluding hydrogens is 548 g/mol. The van der Waals surface area contributed by atoms with Crippen molar-refractivity contribution >= 4 is 57.8 Å². The predicted molar refractivity (Wildman–Crippen MR) is 139 cm³/mol. The number of nitrogens with two attached hydrogens (primary N) is 2. The van der Waals surface area contributed by atoms with E-state index in [1.165, 1.54) is 28.8 Å². The molecule has 0 bridgehead atoms. The molecule has 6 N–H and O–H groups in total. The van der Waals surface area contributed by atoms with E-state index in [9.17, 15) is 19.2 Å². The fourth-order valence-electron chi connectivity index (χ4n) is 4.62. The van der Waals surface area contributed by atoms with Crippen LogP contribution >= 0.6 is 23.3 Å². The Bertz CT molecular complexity index is 1390. The van der Waals surface area contributed by atoms with Crippen molar-refractivity contribution in [2.75, 3.05) is 11.5 Å². The molecule has 1 saturated carbocycles. The largest absolute Gasteiger partial charge is 0.478 e. The lowest BCUT2D eigenvalue weighted by molar-refractivity contribution is -0.689. The van der Waals surface area contributed by atoms with E-state index in [-0.39, 0.29) is 40.6 Å². The van der Waals surface area contributed by atoms with Crippen molar-refractivity contribution in [3.63, 3.8) is 0 Å². The second-order valence-corrected chi connectivity index (χ2v) is 11.0. The molecule has 1 aliphatic carbocycles. The van der Waals surface area contributed by atoms with Gasteiger partial charge in [-0.25, -0.2) is 9.36 Å². The first-order valence-corrected chi connectivity index (χ1v) is 13.9. The number of carbonyl (C=O) groups is 4. The summed E-state index contributed by atoms with van der Waals surface area (Å²) in [6.45, 7) is 0.227. The van der Waals surface area contributed by atoms with Crippen LogP contribution in [0.1, 0.15) is 41.9 Å². The summed E-state index contributed by atoms with van der Waals surface area (Å²) in [5, 5.41) is 15.4. The van der Waals surface area contributed by atoms with Gasteiger partial charge in [0, 0.05) is 35.0 Å². The molecule has 2 aliphatic heterocycles. The summed E-state index contributed by atoms with van der Waals surface area (Å²) < 4.78 is 5.75. The fraction of sp³-hybridized carbons (Fsp3) is 0.391. The highest BCUT2D eigenvalue weighted by Gasteiger charge is 2.54. The van der Waals surface area contributed by atoms with Crippen molar-refractivity contribution in [1.82, 2.24) is 19.6 Å². The average Bonchev–Trinajstić information content (AvgIpc) is 3.59. The van der Waals surface area contributed by atoms with Gasteiger partial charge in [-0.1, -0.05) is 5.16 Å². The molecule has 2 fully saturated rings. The molecule has 39 heavy (non-hydrogen) atoms. The molecule has 0 radical (unpaired) electrons. The number of amides is 3. The van der Waals surface area contributed by atoms with E-state index in [0.29, 0.717) is 11.3 Å². The van der Waals surface area contributed by atoms with E-state index in [2.05, 4.69) is 19.8 Å². The minimum Gasteiger partial charge on any atom is -0.478 e. The molecule has 204 valence electrons. The summed E-state index contributed by atoms with van der Waals surface area (Å²) in [6.07, 6.45) is 6.70. The Morgan fingerprint density at radius 2 is 1.97 bits per heavy atom. The summed E-state index contributed by atoms with van der Waals surface area (Å²) in [7, 11) is 0. The zero-order valence-corrected chi connectivity index (χ0v) is 22.1. The minimum atomic E-state index is -1.05. The Balaban J connectivity index is 1.32. The van der Waals surface area contributed by atoms with Gasteiger partial charge in [0.2, 0.25) is 11.5 Å². The SMILES string of the molecule is NC(=O)C1=C(C[n+]2ccc(C(=O)O)cc2)CS[C@H]2C(NC(=O)C(=NOC3CCCC3)c3nsc(N)n3)C(=O)N12. The molecule has 0 aromatic carbocycles. The first-order chi connectivity index (χ1) is 18.7. The number of carboxylic acid groups (broad SMARTS) is 1. The third-order valence-corrected chi connectivity index (χ3v) is 8.42. The number of aromatic carboxylic acids is 1. The van der Waals surface area contributed by atoms with Crippen molar-refractivity contribution in [1.29, 1.82) is 0 Å². The number of oxime groups is 1. The standard InChI is InChI=1S/C23H24N8O6S2/c24-17(32)16-12(9-30-7-5-11(6-8-30)22(35)36)10-38-21-15(20(34)31(16)21)26-19(33)14(18-27-23(25)39-29-18)28-37-13-3-1-2-4-13/h5-8,13,15,21H,1-4,9-10H2,(H5-,24,25,26,27,29,32,33,35,36)/p+1/t15?,21-/m0/s1. The molecule has 5 rings (SSSR count). The lowest BCUT2D eigenvalue weighted by atomic mass is 10.0. The van der Waals surface area contributed by atoms with E-state index >= 15 is 0 Å². The van der Waals surface area contributed by atoms with Crippen molar-refractivity contribution in [2.24, 2.45) is 10.9 Å². The smallest absolute Gasteiger partial charge is 0.336 e. The first-order valence-electron chi connectivity index (χ1n) is 12.1. The molecule has 14 nitrogen and oxygen atoms in total. The number of nitrogens with zero attached hydrogens (tertiary/aromatic N) is 5. The second kappa shape index (κ2) is 11.0. The van der Waals surface area contributed by atoms with Crippen LogP contribution in [0.5, 0.6) is 0 Å². The molecule has 2 atom stereocenters. The van der Waals surface area contributed by atoms with Crippen LogP contribution < -0.4 is 21.4 Å². The molecule has 2 aromatic rings. The lowest BCUT2D eigenvalue weighted by Gasteiger charge is -2.49. The lowest BCUT2D eigenvalue weighted by Crippen LogP contribution is -2.71. The number of carbonyl (C=O) groups excluding carboxylic acids is 3. The van der Waals surface area contributed by atoms with Crippen LogP contribution in [-0.2, 0) is 25.8 Å². The minimum absolute atomic E-state index is 0.00105. The number of anilines is 1. The van der Waals surface area contributed by atoms with Gasteiger partial charge < -0.3 is 26.7 Å². The summed E-state index contributed by atoms with van der Waals surface area (Å²) in [5.74, 6) is -2.66. The first kappa shape index (κ1) is 26.6. The molecule has 2 aromatic heterocycles. The van der Waals surface area contributed by atoms with Gasteiger partial charge in [-0.05, 0) is 25.7 Å². The number of fused-ring (bicyclic) bond motifs is 1. The van der Waals surface area contributed by atoms with Crippen LogP contribution in [0.3, 0.4) is 0 Å². The summed E-state index contributed by atoms with van der Waals surface area (Å²) in [4.78, 5) is 60.8. The van der Waals surface area contributed by atoms with Crippen LogP contribution in [0.4, 0.5) is 5.13 Å². The molecule has 3 amide bonds. The predicted octanol–water partition coefficient (Wildman–Crippen LogP) is -0.391. The average molecular weight is 574 g/mol. The Morgan fingerprint density at radius 1 is 1.26 bits per heavy atom. The maximum atomic E-state index is 13.2. The van der Waals surface area contributed by atoms with Crippen LogP contribution in [0.25, 0.3) is 0 Å². The Morgan fingerprint density at radius 3 is 2.59 bits per heavy atom. The summed E-state index contributed by atoms with van der Waals surface area (Å²) in [5.41, 5.74) is 12.0. The van der Waals surface area contributed by atoms with E-state index in [4.69, 9.17) is 21.4 Å². The number of β-lactam (4-membered cyclic amide) rings is 1. The number of rotatable bonds is 9. The maximum absolute atomic E-state index is 13.2. The highest BCUT2D eigenvalue weighted by molar-refractivity contribution is 8.00. The topological polar surface area (TPSA) is 207 Å². The number of hydrogen-bond acceptors (Lipinski definition) is 11. The highest BCUT2D eigenvalue weighted by Crippen LogP contribution is 2.40. The zero-order valence-electron chi connectivity index (χ0n) is 20.5. The normalized spacial score (nSPS) is 21.4. The number of pyridine rings is 1. The van der Waals surface area contributed by atoms with Crippen molar-refractivity contribution in [3.8, 4) is 0 Å². The van der Waals surface area contributed by atoms with Gasteiger partial charge in [0.15, 0.2) is 24.1 Å². The third-order valence-electron chi connectivity index (χ3n) is 6.54. The molecule has 0 spiro atoms. The third kappa shape index (κ3) is 5.42. The number of aromatic nitrogens is 3. The van der Waals surface area contributed by atoms with Crippen LogP contribution in [0.15, 0.2) is 41.0 Å². The molecular formula is C23H25N8O6S2+. The van der Waals surface area contributed by atoms with Crippen molar-refractivity contribution < 1.29 is 33.7 Å². The Labute approximate surface area is 230 Å². The summed E-state index contributed by atoms with van der Waals surface area (Å²) in [6, 6.07) is 1.94. The highest BCUT2D eigenvalue weighted by atomic mass is 32.2. The van der Waals surface area contributed by atoms with Gasteiger partial charge in [0.05, 0.1) is 5.56 Å². The molecule has 16 heteroatoms. The van der Waals surface area contributed by atoms with Gasteiger partial charge in [-0.15, -0.1) is 11.8 Å². The quantitative estimate of drug-likeness (QED) is 0.132. The Hall–Kier alpha value is -4.05. The molecule has 1 saturated heterocycles. The number of primary amides is 1. The van der Waals surface area contributed by atoms with Crippen LogP contribution in [0.2, 0.25) is 0 Å². The number of carboxylic acids is 1. The van der Waals surface area contributed by atoms with E-state index in [1.807, 2.05) is 0 Å². The Kier molecular flexibility index (Phi) is 7.47. The molecule has 4 heterocycles. The number of nitrogen functional groups attached to an aromatic ring is 1. The van der Waals surface area contributed by atoms with Crippen LogP contribution in [0, 0.1) is 0 Å². The van der Waals surface area contributed by atoms with Gasteiger partial charge >= 0.3 is 5.97 Å².